The van der Waals surface area contributed by atoms with Gasteiger partial charge in [-0.1, -0.05) is 48.2 Å². The molecule has 1 aromatic carbocycles. The van der Waals surface area contributed by atoms with E-state index in [1.165, 1.54) is 11.3 Å². The van der Waals surface area contributed by atoms with Crippen LogP contribution in [0.3, 0.4) is 0 Å². The van der Waals surface area contributed by atoms with Crippen molar-refractivity contribution < 1.29 is 4.42 Å². The molecule has 0 unspecified atom stereocenters. The van der Waals surface area contributed by atoms with Gasteiger partial charge in [-0.3, -0.25) is 0 Å². The van der Waals surface area contributed by atoms with E-state index in [-0.39, 0.29) is 0 Å². The highest BCUT2D eigenvalue weighted by Crippen LogP contribution is 2.32. The number of anilines is 3. The molecule has 3 aromatic heterocycles. The van der Waals surface area contributed by atoms with Crippen LogP contribution in [-0.2, 0) is 6.54 Å². The van der Waals surface area contributed by atoms with Gasteiger partial charge in [-0.2, -0.15) is 0 Å². The molecule has 0 aliphatic heterocycles. The van der Waals surface area contributed by atoms with Crippen molar-refractivity contribution in [3.8, 4) is 0 Å². The smallest absolute Gasteiger partial charge is 0.191 e. The van der Waals surface area contributed by atoms with Crippen LogP contribution in [0.4, 0.5) is 16.6 Å². The summed E-state index contributed by atoms with van der Waals surface area (Å²) >= 11 is 3.19. The Morgan fingerprint density at radius 2 is 1.96 bits per heavy atom. The molecule has 0 saturated carbocycles. The van der Waals surface area contributed by atoms with Crippen molar-refractivity contribution in [2.24, 2.45) is 0 Å². The lowest BCUT2D eigenvalue weighted by atomic mass is 10.3. The summed E-state index contributed by atoms with van der Waals surface area (Å²) in [5, 5.41) is 8.24. The van der Waals surface area contributed by atoms with E-state index < -0.39 is 0 Å². The highest BCUT2D eigenvalue weighted by atomic mass is 32.2. The Bertz CT molecular complexity index is 1000. The highest BCUT2D eigenvalue weighted by Gasteiger charge is 2.14. The molecular weight excluding hydrogens is 378 g/mol. The van der Waals surface area contributed by atoms with Crippen molar-refractivity contribution in [3.63, 3.8) is 0 Å². The average molecular weight is 398 g/mol. The monoisotopic (exact) mass is 397 g/mol. The summed E-state index contributed by atoms with van der Waals surface area (Å²) in [5.74, 6) is 2.56. The molecule has 4 rings (SSSR count). The minimum atomic E-state index is 0.552. The third kappa shape index (κ3) is 4.40. The molecule has 0 spiro atoms. The topological polar surface area (TPSA) is 75.9 Å². The second kappa shape index (κ2) is 8.41. The van der Waals surface area contributed by atoms with Crippen molar-refractivity contribution in [2.45, 2.75) is 25.0 Å². The second-order valence-electron chi connectivity index (χ2n) is 5.80. The lowest BCUT2D eigenvalue weighted by molar-refractivity contribution is 0.518. The molecule has 0 atom stereocenters. The molecule has 4 aromatic rings. The molecule has 0 amide bonds. The molecule has 2 N–H and O–H groups in total. The van der Waals surface area contributed by atoms with E-state index in [0.717, 1.165) is 50.1 Å². The number of benzene rings is 1. The lowest BCUT2D eigenvalue weighted by Gasteiger charge is -2.06. The largest absolute Gasteiger partial charge is 0.467 e. The fourth-order valence-electron chi connectivity index (χ4n) is 2.47. The minimum absolute atomic E-state index is 0.552. The Morgan fingerprint density at radius 3 is 2.74 bits per heavy atom. The SMILES string of the molecule is CCCSc1nc(NCc2ccco2)c2nc(Nc3ccccc3)sc2n1. The number of fused-ring (bicyclic) bond motifs is 1. The van der Waals surface area contributed by atoms with Crippen LogP contribution in [-0.4, -0.2) is 20.7 Å². The first kappa shape index (κ1) is 17.8. The quantitative estimate of drug-likeness (QED) is 0.299. The van der Waals surface area contributed by atoms with Gasteiger partial charge in [-0.25, -0.2) is 15.0 Å². The van der Waals surface area contributed by atoms with Crippen molar-refractivity contribution in [1.82, 2.24) is 15.0 Å². The maximum atomic E-state index is 5.41. The van der Waals surface area contributed by atoms with Crippen LogP contribution in [0.5, 0.6) is 0 Å². The maximum absolute atomic E-state index is 5.41. The van der Waals surface area contributed by atoms with Crippen molar-refractivity contribution in [2.75, 3.05) is 16.4 Å². The van der Waals surface area contributed by atoms with Gasteiger partial charge in [-0.15, -0.1) is 0 Å². The lowest BCUT2D eigenvalue weighted by Crippen LogP contribution is -2.03. The maximum Gasteiger partial charge on any atom is 0.191 e. The van der Waals surface area contributed by atoms with Gasteiger partial charge >= 0.3 is 0 Å². The second-order valence-corrected chi connectivity index (χ2v) is 7.84. The van der Waals surface area contributed by atoms with E-state index in [4.69, 9.17) is 9.40 Å². The average Bonchev–Trinajstić information content (AvgIpc) is 3.34. The minimum Gasteiger partial charge on any atom is -0.467 e. The van der Waals surface area contributed by atoms with Crippen LogP contribution in [0.2, 0.25) is 0 Å². The number of hydrogen-bond donors (Lipinski definition) is 2. The summed E-state index contributed by atoms with van der Waals surface area (Å²) < 4.78 is 5.41. The Morgan fingerprint density at radius 1 is 1.07 bits per heavy atom. The Kier molecular flexibility index (Phi) is 5.55. The first-order chi connectivity index (χ1) is 13.3. The van der Waals surface area contributed by atoms with E-state index in [9.17, 15) is 0 Å². The normalized spacial score (nSPS) is 11.0. The molecule has 0 bridgehead atoms. The highest BCUT2D eigenvalue weighted by molar-refractivity contribution is 7.99. The number of aromatic nitrogens is 3. The van der Waals surface area contributed by atoms with E-state index in [0.29, 0.717) is 6.54 Å². The summed E-state index contributed by atoms with van der Waals surface area (Å²) in [6.45, 7) is 2.70. The van der Waals surface area contributed by atoms with E-state index in [2.05, 4.69) is 27.5 Å². The zero-order chi connectivity index (χ0) is 18.5. The van der Waals surface area contributed by atoms with Crippen LogP contribution >= 0.6 is 23.1 Å². The molecule has 0 saturated heterocycles. The fraction of sp³-hybridized carbons (Fsp3) is 0.211. The van der Waals surface area contributed by atoms with Crippen LogP contribution in [0, 0.1) is 0 Å². The van der Waals surface area contributed by atoms with Gasteiger partial charge in [0.15, 0.2) is 20.9 Å². The zero-order valence-corrected chi connectivity index (χ0v) is 16.4. The molecule has 0 aliphatic rings. The van der Waals surface area contributed by atoms with E-state index in [1.807, 2.05) is 42.5 Å². The van der Waals surface area contributed by atoms with Gasteiger partial charge in [0.1, 0.15) is 11.3 Å². The summed E-state index contributed by atoms with van der Waals surface area (Å²) in [6.07, 6.45) is 2.74. The van der Waals surface area contributed by atoms with Gasteiger partial charge in [0.25, 0.3) is 0 Å². The van der Waals surface area contributed by atoms with Gasteiger partial charge < -0.3 is 15.1 Å². The molecule has 3 heterocycles. The number of nitrogens with one attached hydrogen (secondary N) is 2. The number of para-hydroxylation sites is 1. The van der Waals surface area contributed by atoms with Crippen LogP contribution in [0.1, 0.15) is 19.1 Å². The first-order valence-corrected chi connectivity index (χ1v) is 10.5. The number of rotatable bonds is 8. The molecule has 6 nitrogen and oxygen atoms in total. The third-order valence-corrected chi connectivity index (χ3v) is 5.63. The summed E-state index contributed by atoms with van der Waals surface area (Å²) in [4.78, 5) is 14.9. The fourth-order valence-corrected chi connectivity index (χ4v) is 4.08. The van der Waals surface area contributed by atoms with E-state index in [1.54, 1.807) is 18.0 Å². The van der Waals surface area contributed by atoms with Gasteiger partial charge in [0.2, 0.25) is 0 Å². The summed E-state index contributed by atoms with van der Waals surface area (Å²) in [7, 11) is 0. The number of nitrogens with zero attached hydrogens (tertiary/aromatic N) is 3. The molecular formula is C19H19N5OS2. The summed E-state index contributed by atoms with van der Waals surface area (Å²) in [6, 6.07) is 13.8. The van der Waals surface area contributed by atoms with Crippen molar-refractivity contribution in [3.05, 3.63) is 54.5 Å². The predicted molar refractivity (Wildman–Crippen MR) is 112 cm³/mol. The third-order valence-electron chi connectivity index (χ3n) is 3.71. The van der Waals surface area contributed by atoms with Crippen LogP contribution < -0.4 is 10.6 Å². The van der Waals surface area contributed by atoms with Gasteiger partial charge in [0, 0.05) is 11.4 Å². The van der Waals surface area contributed by atoms with Gasteiger partial charge in [-0.05, 0) is 30.7 Å². The van der Waals surface area contributed by atoms with Crippen LogP contribution in [0.15, 0.2) is 58.3 Å². The number of furan rings is 1. The molecule has 8 heteroatoms. The van der Waals surface area contributed by atoms with Crippen molar-refractivity contribution >= 4 is 50.1 Å². The van der Waals surface area contributed by atoms with Crippen molar-refractivity contribution in [1.29, 1.82) is 0 Å². The zero-order valence-electron chi connectivity index (χ0n) is 14.8. The first-order valence-electron chi connectivity index (χ1n) is 8.71. The number of thiazole rings is 1. The standard InChI is InChI=1S/C19H19N5OS2/c1-2-11-26-18-23-16(20-12-14-9-6-10-25-14)15-17(24-18)27-19(22-15)21-13-7-4-3-5-8-13/h3-10H,2,11-12H2,1H3,(H,21,22)(H,20,23,24). The Hall–Kier alpha value is -2.58. The molecule has 0 fully saturated rings. The molecule has 0 radical (unpaired) electrons. The summed E-state index contributed by atoms with van der Waals surface area (Å²) in [5.41, 5.74) is 1.76. The van der Waals surface area contributed by atoms with Gasteiger partial charge in [0.05, 0.1) is 12.8 Å². The predicted octanol–water partition coefficient (Wildman–Crippen LogP) is 5.54. The molecule has 138 valence electrons. The molecule has 27 heavy (non-hydrogen) atoms. The molecule has 0 aliphatic carbocycles. The van der Waals surface area contributed by atoms with Crippen LogP contribution in [0.25, 0.3) is 10.3 Å². The Balaban J connectivity index is 1.64. The number of thioether (sulfide) groups is 1. The van der Waals surface area contributed by atoms with E-state index >= 15 is 0 Å². The Labute approximate surface area is 165 Å². The number of hydrogen-bond acceptors (Lipinski definition) is 8.